The van der Waals surface area contributed by atoms with E-state index in [4.69, 9.17) is 0 Å². The van der Waals surface area contributed by atoms with Crippen molar-refractivity contribution < 1.29 is 14.1 Å². The minimum atomic E-state index is -0.345. The third-order valence-electron chi connectivity index (χ3n) is 4.09. The molecule has 1 aromatic rings. The van der Waals surface area contributed by atoms with E-state index < -0.39 is 0 Å². The van der Waals surface area contributed by atoms with Crippen molar-refractivity contribution in [3.63, 3.8) is 0 Å². The van der Waals surface area contributed by atoms with E-state index in [9.17, 15) is 9.59 Å². The lowest BCUT2D eigenvalue weighted by Crippen LogP contribution is -2.46. The van der Waals surface area contributed by atoms with Gasteiger partial charge in [0.2, 0.25) is 0 Å². The lowest BCUT2D eigenvalue weighted by Gasteiger charge is -2.35. The molecular weight excluding hydrogens is 276 g/mol. The van der Waals surface area contributed by atoms with Crippen LogP contribution < -0.4 is 6.15 Å². The maximum atomic E-state index is 10.2. The third-order valence-corrected chi connectivity index (χ3v) is 4.09. The topological polar surface area (TPSA) is 69.1 Å². The molecule has 0 bridgehead atoms. The zero-order valence-electron chi connectivity index (χ0n) is 14.9. The molecule has 0 heterocycles. The Bertz CT molecular complexity index is 418. The minimum Gasteiger partial charge on any atom is -0.344 e. The molecule has 4 nitrogen and oxygen atoms in total. The van der Waals surface area contributed by atoms with Gasteiger partial charge in [0.15, 0.2) is 11.6 Å². The summed E-state index contributed by atoms with van der Waals surface area (Å²) in [5, 5.41) is 0. The van der Waals surface area contributed by atoms with E-state index in [1.165, 1.54) is 43.1 Å². The summed E-state index contributed by atoms with van der Waals surface area (Å²) in [7, 11) is 0. The third kappa shape index (κ3) is 8.05. The summed E-state index contributed by atoms with van der Waals surface area (Å²) >= 11 is 0. The van der Waals surface area contributed by atoms with E-state index in [-0.39, 0.29) is 17.7 Å². The Hall–Kier alpha value is -1.52. The molecule has 0 fully saturated rings. The molecule has 0 unspecified atom stereocenters. The Morgan fingerprint density at radius 3 is 1.64 bits per heavy atom. The van der Waals surface area contributed by atoms with Gasteiger partial charge in [0, 0.05) is 18.9 Å². The first-order valence-corrected chi connectivity index (χ1v) is 7.87. The molecule has 1 aromatic carbocycles. The summed E-state index contributed by atoms with van der Waals surface area (Å²) in [6.07, 6.45) is 0.329. The Balaban J connectivity index is 0. The minimum absolute atomic E-state index is 0. The van der Waals surface area contributed by atoms with Crippen LogP contribution in [-0.2, 0) is 16.1 Å². The van der Waals surface area contributed by atoms with E-state index in [1.807, 2.05) is 0 Å². The standard InChI is InChI=1S/C13H22N.C5H8O2.H3N/c1-4-14(5-2,6-3)12-13-10-8-7-9-11-13;1-3-5(7)4(2)6;/h7-11H,4-6,12H2,1-3H3;3H2,1-2H3;1H3/q+1;;. The summed E-state index contributed by atoms with van der Waals surface area (Å²) < 4.78 is 1.20. The number of carbonyl (C=O) groups excluding carboxylic acids is 2. The van der Waals surface area contributed by atoms with Crippen molar-refractivity contribution in [3.05, 3.63) is 35.9 Å². The van der Waals surface area contributed by atoms with Crippen molar-refractivity contribution >= 4 is 11.6 Å². The summed E-state index contributed by atoms with van der Waals surface area (Å²) in [4.78, 5) is 20.2. The second kappa shape index (κ2) is 12.1. The first-order valence-electron chi connectivity index (χ1n) is 7.87. The van der Waals surface area contributed by atoms with E-state index in [2.05, 4.69) is 51.1 Å². The Labute approximate surface area is 135 Å². The van der Waals surface area contributed by atoms with E-state index in [1.54, 1.807) is 6.92 Å². The maximum Gasteiger partial charge on any atom is 0.197 e. The molecule has 0 aliphatic carbocycles. The zero-order chi connectivity index (χ0) is 16.3. The number of nitrogens with zero attached hydrogens (tertiary/aromatic N) is 1. The van der Waals surface area contributed by atoms with Gasteiger partial charge in [-0.2, -0.15) is 0 Å². The van der Waals surface area contributed by atoms with Crippen LogP contribution in [0, 0.1) is 0 Å². The molecule has 0 saturated carbocycles. The molecular formula is C18H33N2O2+. The molecule has 0 radical (unpaired) electrons. The van der Waals surface area contributed by atoms with Crippen molar-refractivity contribution in [1.82, 2.24) is 6.15 Å². The highest BCUT2D eigenvalue weighted by Crippen LogP contribution is 2.13. The van der Waals surface area contributed by atoms with Crippen LogP contribution in [0.1, 0.15) is 46.6 Å². The van der Waals surface area contributed by atoms with Crippen LogP contribution in [0.25, 0.3) is 0 Å². The fraction of sp³-hybridized carbons (Fsp3) is 0.556. The maximum absolute atomic E-state index is 10.2. The molecule has 3 N–H and O–H groups in total. The van der Waals surface area contributed by atoms with Gasteiger partial charge in [-0.25, -0.2) is 0 Å². The van der Waals surface area contributed by atoms with Crippen LogP contribution in [0.3, 0.4) is 0 Å². The number of carbonyl (C=O) groups is 2. The number of benzene rings is 1. The highest BCUT2D eigenvalue weighted by Gasteiger charge is 2.20. The molecule has 126 valence electrons. The monoisotopic (exact) mass is 309 g/mol. The summed E-state index contributed by atoms with van der Waals surface area (Å²) in [6, 6.07) is 10.8. The van der Waals surface area contributed by atoms with E-state index >= 15 is 0 Å². The van der Waals surface area contributed by atoms with Crippen LogP contribution in [0.4, 0.5) is 0 Å². The Morgan fingerprint density at radius 1 is 0.909 bits per heavy atom. The highest BCUT2D eigenvalue weighted by molar-refractivity contribution is 6.36. The van der Waals surface area contributed by atoms with Gasteiger partial charge in [-0.1, -0.05) is 37.3 Å². The van der Waals surface area contributed by atoms with Crippen LogP contribution in [0.15, 0.2) is 30.3 Å². The van der Waals surface area contributed by atoms with Crippen LogP contribution >= 0.6 is 0 Å². The van der Waals surface area contributed by atoms with Crippen molar-refractivity contribution in [2.45, 2.75) is 47.6 Å². The van der Waals surface area contributed by atoms with Crippen LogP contribution in [0.5, 0.6) is 0 Å². The predicted octanol–water partition coefficient (Wildman–Crippen LogP) is 3.78. The largest absolute Gasteiger partial charge is 0.344 e. The lowest BCUT2D eigenvalue weighted by atomic mass is 10.2. The second-order valence-corrected chi connectivity index (χ2v) is 5.27. The number of Topliss-reactive ketones (excluding diaryl/α,β-unsaturated/α-hetero) is 2. The predicted molar refractivity (Wildman–Crippen MR) is 93.0 cm³/mol. The SMILES string of the molecule is CCC(=O)C(C)=O.CC[N+](CC)(CC)Cc1ccccc1.N. The summed E-state index contributed by atoms with van der Waals surface area (Å²) in [6.45, 7) is 14.7. The van der Waals surface area contributed by atoms with Gasteiger partial charge in [0.05, 0.1) is 19.6 Å². The van der Waals surface area contributed by atoms with Crippen LogP contribution in [-0.4, -0.2) is 35.7 Å². The molecule has 0 aliphatic heterocycles. The molecule has 0 aromatic heterocycles. The highest BCUT2D eigenvalue weighted by atomic mass is 16.2. The number of hydrogen-bond donors (Lipinski definition) is 1. The van der Waals surface area contributed by atoms with Gasteiger partial charge in [-0.3, -0.25) is 9.59 Å². The molecule has 0 spiro atoms. The fourth-order valence-corrected chi connectivity index (χ4v) is 2.23. The molecule has 0 saturated heterocycles. The van der Waals surface area contributed by atoms with E-state index in [0.717, 1.165) is 0 Å². The Morgan fingerprint density at radius 2 is 1.36 bits per heavy atom. The summed E-state index contributed by atoms with van der Waals surface area (Å²) in [5.41, 5.74) is 1.46. The van der Waals surface area contributed by atoms with Gasteiger partial charge in [0.1, 0.15) is 6.54 Å². The fourth-order valence-electron chi connectivity index (χ4n) is 2.23. The van der Waals surface area contributed by atoms with Crippen molar-refractivity contribution in [3.8, 4) is 0 Å². The smallest absolute Gasteiger partial charge is 0.197 e. The number of hydrogen-bond acceptors (Lipinski definition) is 3. The molecule has 0 aliphatic rings. The zero-order valence-corrected chi connectivity index (χ0v) is 14.9. The normalized spacial score (nSPS) is 10.0. The second-order valence-electron chi connectivity index (χ2n) is 5.27. The number of quaternary nitrogens is 1. The quantitative estimate of drug-likeness (QED) is 0.615. The number of rotatable bonds is 7. The first kappa shape index (κ1) is 22.8. The molecule has 4 heteroatoms. The van der Waals surface area contributed by atoms with Crippen molar-refractivity contribution in [1.29, 1.82) is 0 Å². The van der Waals surface area contributed by atoms with Gasteiger partial charge >= 0.3 is 0 Å². The van der Waals surface area contributed by atoms with Gasteiger partial charge in [0.25, 0.3) is 0 Å². The average Bonchev–Trinajstić information content (AvgIpc) is 2.53. The number of ketones is 2. The van der Waals surface area contributed by atoms with Gasteiger partial charge in [-0.05, 0) is 20.8 Å². The van der Waals surface area contributed by atoms with Gasteiger partial charge in [-0.15, -0.1) is 0 Å². The Kier molecular flexibility index (Phi) is 12.5. The van der Waals surface area contributed by atoms with Gasteiger partial charge < -0.3 is 10.6 Å². The molecule has 1 rings (SSSR count). The summed E-state index contributed by atoms with van der Waals surface area (Å²) in [5.74, 6) is -0.637. The molecule has 0 atom stereocenters. The van der Waals surface area contributed by atoms with Crippen LogP contribution in [0.2, 0.25) is 0 Å². The van der Waals surface area contributed by atoms with Crippen molar-refractivity contribution in [2.75, 3.05) is 19.6 Å². The molecule has 22 heavy (non-hydrogen) atoms. The first-order chi connectivity index (χ1) is 9.94. The molecule has 0 amide bonds. The lowest BCUT2D eigenvalue weighted by molar-refractivity contribution is -0.936. The van der Waals surface area contributed by atoms with Crippen molar-refractivity contribution in [2.24, 2.45) is 0 Å². The van der Waals surface area contributed by atoms with E-state index in [0.29, 0.717) is 6.42 Å². The average molecular weight is 309 g/mol.